The van der Waals surface area contributed by atoms with E-state index in [1.807, 2.05) is 48.5 Å². The van der Waals surface area contributed by atoms with Gasteiger partial charge in [0.25, 0.3) is 0 Å². The van der Waals surface area contributed by atoms with Gasteiger partial charge in [-0.2, -0.15) is 5.26 Å². The molecule has 0 aliphatic carbocycles. The van der Waals surface area contributed by atoms with E-state index in [1.165, 1.54) is 6.42 Å². The Kier molecular flexibility index (Phi) is 8.06. The Labute approximate surface area is 177 Å². The quantitative estimate of drug-likeness (QED) is 0.464. The minimum Gasteiger partial charge on any atom is -0.461 e. The molecule has 0 amide bonds. The summed E-state index contributed by atoms with van der Waals surface area (Å²) in [6, 6.07) is 17.4. The first-order valence-corrected chi connectivity index (χ1v) is 9.98. The van der Waals surface area contributed by atoms with Gasteiger partial charge in [-0.05, 0) is 24.1 Å². The minimum atomic E-state index is -0.443. The van der Waals surface area contributed by atoms with Crippen LogP contribution in [0.1, 0.15) is 43.2 Å². The molecule has 4 nitrogen and oxygen atoms in total. The number of hydrogen-bond acceptors (Lipinski definition) is 3. The molecule has 2 aromatic carbocycles. The lowest BCUT2D eigenvalue weighted by Gasteiger charge is -2.09. The Bertz CT molecular complexity index is 1010. The number of benzene rings is 2. The van der Waals surface area contributed by atoms with Crippen molar-refractivity contribution in [1.29, 1.82) is 5.26 Å². The Morgan fingerprint density at radius 3 is 2.21 bits per heavy atom. The largest absolute Gasteiger partial charge is 0.461 e. The summed E-state index contributed by atoms with van der Waals surface area (Å²) >= 11 is 6.26. The van der Waals surface area contributed by atoms with Crippen molar-refractivity contribution in [2.75, 3.05) is 6.61 Å². The van der Waals surface area contributed by atoms with Gasteiger partial charge in [-0.3, -0.25) is 0 Å². The average Bonchev–Trinajstić information content (AvgIpc) is 3.06. The number of nitriles is 1. The standard InChI is InChI=1S/C21H17ClN2O2.C3H8/c1-3-26-21(25)20-19(16(12-23)13-24(20)2)15-10-8-14(9-11-15)17-6-4-5-7-18(17)22;1-3-2/h4-11,13H,3H2,1-2H3;3H2,1-2H3. The zero-order valence-electron chi connectivity index (χ0n) is 17.2. The van der Waals surface area contributed by atoms with Crippen molar-refractivity contribution >= 4 is 17.6 Å². The van der Waals surface area contributed by atoms with Crippen LogP contribution in [0.25, 0.3) is 22.3 Å². The molecule has 0 saturated heterocycles. The van der Waals surface area contributed by atoms with E-state index in [4.69, 9.17) is 16.3 Å². The summed E-state index contributed by atoms with van der Waals surface area (Å²) < 4.78 is 6.78. The van der Waals surface area contributed by atoms with Crippen molar-refractivity contribution < 1.29 is 9.53 Å². The summed E-state index contributed by atoms with van der Waals surface area (Å²) in [5.74, 6) is -0.443. The van der Waals surface area contributed by atoms with Gasteiger partial charge in [-0.25, -0.2) is 4.79 Å². The average molecular weight is 409 g/mol. The third kappa shape index (κ3) is 5.07. The molecule has 0 saturated carbocycles. The fourth-order valence-corrected chi connectivity index (χ4v) is 3.21. The number of aromatic nitrogens is 1. The van der Waals surface area contributed by atoms with Crippen molar-refractivity contribution in [3.8, 4) is 28.3 Å². The number of nitrogens with zero attached hydrogens (tertiary/aromatic N) is 2. The van der Waals surface area contributed by atoms with Gasteiger partial charge in [0.1, 0.15) is 11.8 Å². The van der Waals surface area contributed by atoms with Gasteiger partial charge in [-0.15, -0.1) is 0 Å². The van der Waals surface area contributed by atoms with E-state index < -0.39 is 5.97 Å². The highest BCUT2D eigenvalue weighted by molar-refractivity contribution is 6.33. The zero-order valence-corrected chi connectivity index (χ0v) is 18.0. The van der Waals surface area contributed by atoms with Gasteiger partial charge in [0.15, 0.2) is 0 Å². The Morgan fingerprint density at radius 2 is 1.66 bits per heavy atom. The molecule has 0 aliphatic heterocycles. The van der Waals surface area contributed by atoms with Crippen LogP contribution in [0.4, 0.5) is 0 Å². The highest BCUT2D eigenvalue weighted by Gasteiger charge is 2.22. The first kappa shape index (κ1) is 22.3. The van der Waals surface area contributed by atoms with E-state index in [1.54, 1.807) is 24.7 Å². The number of aryl methyl sites for hydroxylation is 1. The van der Waals surface area contributed by atoms with Gasteiger partial charge >= 0.3 is 5.97 Å². The lowest BCUT2D eigenvalue weighted by molar-refractivity contribution is 0.0516. The monoisotopic (exact) mass is 408 g/mol. The second-order valence-electron chi connectivity index (χ2n) is 6.47. The maximum Gasteiger partial charge on any atom is 0.355 e. The number of hydrogen-bond donors (Lipinski definition) is 0. The lowest BCUT2D eigenvalue weighted by Crippen LogP contribution is -2.10. The summed E-state index contributed by atoms with van der Waals surface area (Å²) in [5, 5.41) is 10.1. The van der Waals surface area contributed by atoms with Crippen molar-refractivity contribution in [2.24, 2.45) is 7.05 Å². The molecular formula is C24H25ClN2O2. The molecule has 0 atom stereocenters. The zero-order chi connectivity index (χ0) is 21.4. The molecule has 0 spiro atoms. The first-order valence-electron chi connectivity index (χ1n) is 9.60. The summed E-state index contributed by atoms with van der Waals surface area (Å²) in [7, 11) is 1.73. The maximum absolute atomic E-state index is 12.4. The summed E-state index contributed by atoms with van der Waals surface area (Å²) in [4.78, 5) is 12.4. The van der Waals surface area contributed by atoms with E-state index in [0.717, 1.165) is 16.7 Å². The molecule has 0 unspecified atom stereocenters. The maximum atomic E-state index is 12.4. The highest BCUT2D eigenvalue weighted by atomic mass is 35.5. The van der Waals surface area contributed by atoms with Crippen LogP contribution in [0, 0.1) is 11.3 Å². The second-order valence-corrected chi connectivity index (χ2v) is 6.88. The second kappa shape index (κ2) is 10.5. The van der Waals surface area contributed by atoms with Crippen LogP contribution in [0.5, 0.6) is 0 Å². The van der Waals surface area contributed by atoms with Crippen LogP contribution in [0.15, 0.2) is 54.7 Å². The number of esters is 1. The van der Waals surface area contributed by atoms with Gasteiger partial charge in [0.05, 0.1) is 12.2 Å². The number of carbonyl (C=O) groups excluding carboxylic acids is 1. The van der Waals surface area contributed by atoms with Crippen LogP contribution in [0.2, 0.25) is 5.02 Å². The smallest absolute Gasteiger partial charge is 0.355 e. The number of carbonyl (C=O) groups is 1. The Balaban J connectivity index is 0.000000941. The van der Waals surface area contributed by atoms with Crippen LogP contribution < -0.4 is 0 Å². The van der Waals surface area contributed by atoms with Crippen LogP contribution >= 0.6 is 11.6 Å². The summed E-state index contributed by atoms with van der Waals surface area (Å²) in [6.07, 6.45) is 2.89. The minimum absolute atomic E-state index is 0.275. The molecule has 3 rings (SSSR count). The number of halogens is 1. The molecular weight excluding hydrogens is 384 g/mol. The molecule has 29 heavy (non-hydrogen) atoms. The van der Waals surface area contributed by atoms with Crippen molar-refractivity contribution in [2.45, 2.75) is 27.2 Å². The highest BCUT2D eigenvalue weighted by Crippen LogP contribution is 2.33. The van der Waals surface area contributed by atoms with Crippen LogP contribution in [-0.2, 0) is 11.8 Å². The van der Waals surface area contributed by atoms with E-state index >= 15 is 0 Å². The molecule has 0 radical (unpaired) electrons. The molecule has 5 heteroatoms. The van der Waals surface area contributed by atoms with Gasteiger partial charge < -0.3 is 9.30 Å². The number of rotatable bonds is 4. The van der Waals surface area contributed by atoms with Crippen molar-refractivity contribution in [3.63, 3.8) is 0 Å². The molecule has 3 aromatic rings. The molecule has 1 heterocycles. The van der Waals surface area contributed by atoms with Crippen molar-refractivity contribution in [1.82, 2.24) is 4.57 Å². The third-order valence-corrected chi connectivity index (χ3v) is 4.46. The predicted molar refractivity (Wildman–Crippen MR) is 118 cm³/mol. The van der Waals surface area contributed by atoms with Crippen molar-refractivity contribution in [3.05, 3.63) is 71.0 Å². The van der Waals surface area contributed by atoms with E-state index in [9.17, 15) is 10.1 Å². The molecule has 150 valence electrons. The third-order valence-electron chi connectivity index (χ3n) is 4.13. The van der Waals surface area contributed by atoms with Crippen LogP contribution in [-0.4, -0.2) is 17.1 Å². The summed E-state index contributed by atoms with van der Waals surface area (Å²) in [5.41, 5.74) is 4.06. The predicted octanol–water partition coefficient (Wildman–Crippen LogP) is 6.48. The first-order chi connectivity index (χ1) is 14.0. The fraction of sp³-hybridized carbons (Fsp3) is 0.250. The Morgan fingerprint density at radius 1 is 1.07 bits per heavy atom. The normalized spacial score (nSPS) is 9.93. The van der Waals surface area contributed by atoms with Gasteiger partial charge in [0.2, 0.25) is 0 Å². The number of ether oxygens (including phenoxy) is 1. The lowest BCUT2D eigenvalue weighted by atomic mass is 9.98. The van der Waals surface area contributed by atoms with Gasteiger partial charge in [0, 0.05) is 29.4 Å². The van der Waals surface area contributed by atoms with Gasteiger partial charge in [-0.1, -0.05) is 74.3 Å². The molecule has 0 aliphatic rings. The Hall–Kier alpha value is -3.03. The van der Waals surface area contributed by atoms with E-state index in [-0.39, 0.29) is 6.61 Å². The topological polar surface area (TPSA) is 55.0 Å². The van der Waals surface area contributed by atoms with E-state index in [2.05, 4.69) is 19.9 Å². The fourth-order valence-electron chi connectivity index (χ4n) is 2.96. The molecule has 0 fully saturated rings. The van der Waals surface area contributed by atoms with Crippen LogP contribution in [0.3, 0.4) is 0 Å². The molecule has 1 aromatic heterocycles. The molecule has 0 bridgehead atoms. The SMILES string of the molecule is CCC.CCOC(=O)c1c(-c2ccc(-c3ccccc3Cl)cc2)c(C#N)cn1C. The van der Waals surface area contributed by atoms with E-state index in [0.29, 0.717) is 21.8 Å². The molecule has 0 N–H and O–H groups in total. The summed E-state index contributed by atoms with van der Waals surface area (Å²) in [6.45, 7) is 6.28.